The molecular weight excluding hydrogens is 378 g/mol. The van der Waals surface area contributed by atoms with Crippen LogP contribution in [0, 0.1) is 5.92 Å². The van der Waals surface area contributed by atoms with Gasteiger partial charge in [0.15, 0.2) is 0 Å². The van der Waals surface area contributed by atoms with Crippen molar-refractivity contribution in [3.8, 4) is 22.8 Å². The van der Waals surface area contributed by atoms with Crippen LogP contribution in [0.15, 0.2) is 66.2 Å². The van der Waals surface area contributed by atoms with E-state index < -0.39 is 0 Å². The van der Waals surface area contributed by atoms with Crippen LogP contribution < -0.4 is 10.9 Å². The van der Waals surface area contributed by atoms with Gasteiger partial charge in [0.25, 0.3) is 5.56 Å². The summed E-state index contributed by atoms with van der Waals surface area (Å²) in [5, 5.41) is 7.70. The van der Waals surface area contributed by atoms with Gasteiger partial charge in [-0.05, 0) is 49.2 Å². The van der Waals surface area contributed by atoms with Gasteiger partial charge in [0.1, 0.15) is 18.5 Å². The number of hydrogen-bond acceptors (Lipinski definition) is 5. The molecule has 30 heavy (non-hydrogen) atoms. The molecule has 3 aromatic heterocycles. The van der Waals surface area contributed by atoms with Crippen molar-refractivity contribution >= 4 is 0 Å². The van der Waals surface area contributed by atoms with Gasteiger partial charge < -0.3 is 9.88 Å². The first-order valence-electron chi connectivity index (χ1n) is 10.2. The minimum Gasteiger partial charge on any atom is -0.316 e. The highest BCUT2D eigenvalue weighted by Gasteiger charge is 2.31. The van der Waals surface area contributed by atoms with Crippen LogP contribution in [0.5, 0.6) is 0 Å². The molecule has 1 saturated heterocycles. The Labute approximate surface area is 172 Å². The smallest absolute Gasteiger partial charge is 0.261 e. The van der Waals surface area contributed by atoms with Crippen LogP contribution in [-0.4, -0.2) is 42.0 Å². The normalized spacial score (nSPS) is 20.1. The van der Waals surface area contributed by atoms with Gasteiger partial charge in [-0.1, -0.05) is 6.07 Å². The van der Waals surface area contributed by atoms with Gasteiger partial charge in [0.05, 0.1) is 11.3 Å². The summed E-state index contributed by atoms with van der Waals surface area (Å²) in [4.78, 5) is 22.0. The Hall–Kier alpha value is -3.52. The van der Waals surface area contributed by atoms with Crippen molar-refractivity contribution in [2.45, 2.75) is 18.9 Å². The molecule has 2 bridgehead atoms. The van der Waals surface area contributed by atoms with Gasteiger partial charge in [-0.3, -0.25) is 9.36 Å². The lowest BCUT2D eigenvalue weighted by molar-refractivity contribution is 0.257. The molecule has 8 nitrogen and oxygen atoms in total. The fourth-order valence-electron chi connectivity index (χ4n) is 4.80. The second-order valence-corrected chi connectivity index (χ2v) is 8.03. The highest BCUT2D eigenvalue weighted by molar-refractivity contribution is 5.59. The fraction of sp³-hybridized carbons (Fsp3) is 0.273. The number of pyridine rings is 1. The number of nitrogens with zero attached hydrogens (tertiary/aromatic N) is 6. The van der Waals surface area contributed by atoms with E-state index in [1.807, 2.05) is 45.7 Å². The minimum absolute atomic E-state index is 0.0454. The summed E-state index contributed by atoms with van der Waals surface area (Å²) in [5.41, 5.74) is 3.62. The van der Waals surface area contributed by atoms with Gasteiger partial charge in [0.2, 0.25) is 0 Å². The molecule has 2 atom stereocenters. The molecule has 0 saturated carbocycles. The van der Waals surface area contributed by atoms with Crippen molar-refractivity contribution in [1.82, 2.24) is 34.2 Å². The molecule has 2 aliphatic rings. The summed E-state index contributed by atoms with van der Waals surface area (Å²) in [6.45, 7) is 2.70. The predicted molar refractivity (Wildman–Crippen MR) is 112 cm³/mol. The van der Waals surface area contributed by atoms with Gasteiger partial charge >= 0.3 is 0 Å². The van der Waals surface area contributed by atoms with E-state index in [1.54, 1.807) is 17.2 Å². The molecule has 2 aliphatic heterocycles. The van der Waals surface area contributed by atoms with E-state index in [1.165, 1.54) is 6.33 Å². The van der Waals surface area contributed by atoms with Crippen LogP contribution in [0.1, 0.15) is 18.0 Å². The molecule has 4 aromatic rings. The molecule has 0 spiro atoms. The fourth-order valence-corrected chi connectivity index (χ4v) is 4.80. The van der Waals surface area contributed by atoms with E-state index in [4.69, 9.17) is 0 Å². The van der Waals surface area contributed by atoms with Crippen LogP contribution in [0.3, 0.4) is 0 Å². The van der Waals surface area contributed by atoms with E-state index in [0.29, 0.717) is 23.2 Å². The maximum Gasteiger partial charge on any atom is 0.261 e. The lowest BCUT2D eigenvalue weighted by Crippen LogP contribution is -2.45. The van der Waals surface area contributed by atoms with E-state index in [0.717, 1.165) is 43.1 Å². The molecule has 1 N–H and O–H groups in total. The third-order valence-corrected chi connectivity index (χ3v) is 6.18. The van der Waals surface area contributed by atoms with Gasteiger partial charge in [0, 0.05) is 42.8 Å². The van der Waals surface area contributed by atoms with E-state index in [9.17, 15) is 4.79 Å². The maximum absolute atomic E-state index is 13.4. The first-order valence-corrected chi connectivity index (χ1v) is 10.2. The Kier molecular flexibility index (Phi) is 3.92. The third-order valence-electron chi connectivity index (χ3n) is 6.18. The number of aromatic nitrogens is 6. The number of benzene rings is 1. The molecule has 6 rings (SSSR count). The number of nitrogens with one attached hydrogen (secondary N) is 1. The van der Waals surface area contributed by atoms with Crippen LogP contribution in [0.4, 0.5) is 0 Å². The molecule has 0 unspecified atom stereocenters. The van der Waals surface area contributed by atoms with Crippen molar-refractivity contribution < 1.29 is 0 Å². The molecular formula is C22H21N7O. The number of rotatable bonds is 3. The molecule has 1 aromatic carbocycles. The number of hydrogen-bond donors (Lipinski definition) is 1. The maximum atomic E-state index is 13.4. The highest BCUT2D eigenvalue weighted by atomic mass is 16.1. The number of fused-ring (bicyclic) bond motifs is 4. The van der Waals surface area contributed by atoms with E-state index >= 15 is 0 Å². The SMILES string of the molecule is O=c1c(-c2nccn2-c2cccc(-n3cncn3)c2)ccc2n1C[C@@H]1CNC[C@H]2C1. The van der Waals surface area contributed by atoms with E-state index in [2.05, 4.69) is 26.4 Å². The Morgan fingerprint density at radius 1 is 1.10 bits per heavy atom. The third kappa shape index (κ3) is 2.72. The quantitative estimate of drug-likeness (QED) is 0.570. The average molecular weight is 399 g/mol. The van der Waals surface area contributed by atoms with Crippen molar-refractivity contribution in [3.63, 3.8) is 0 Å². The largest absolute Gasteiger partial charge is 0.316 e. The van der Waals surface area contributed by atoms with Crippen LogP contribution in [0.2, 0.25) is 0 Å². The topological polar surface area (TPSA) is 82.6 Å². The molecule has 5 heterocycles. The average Bonchev–Trinajstić information content (AvgIpc) is 3.47. The lowest BCUT2D eigenvalue weighted by Gasteiger charge is -2.37. The van der Waals surface area contributed by atoms with Crippen LogP contribution in [0.25, 0.3) is 22.8 Å². The summed E-state index contributed by atoms with van der Waals surface area (Å²) < 4.78 is 5.63. The van der Waals surface area contributed by atoms with Crippen molar-refractivity contribution in [2.24, 2.45) is 5.92 Å². The van der Waals surface area contributed by atoms with Crippen LogP contribution in [-0.2, 0) is 6.54 Å². The molecule has 0 amide bonds. The highest BCUT2D eigenvalue weighted by Crippen LogP contribution is 2.32. The molecule has 8 heteroatoms. The minimum atomic E-state index is 0.0454. The summed E-state index contributed by atoms with van der Waals surface area (Å²) in [5.74, 6) is 1.58. The Balaban J connectivity index is 1.45. The zero-order valence-corrected chi connectivity index (χ0v) is 16.3. The second-order valence-electron chi connectivity index (χ2n) is 8.03. The summed E-state index contributed by atoms with van der Waals surface area (Å²) >= 11 is 0. The van der Waals surface area contributed by atoms with Gasteiger partial charge in [-0.15, -0.1) is 0 Å². The summed E-state index contributed by atoms with van der Waals surface area (Å²) in [6, 6.07) is 12.0. The van der Waals surface area contributed by atoms with Crippen molar-refractivity contribution in [3.05, 3.63) is 77.5 Å². The zero-order chi connectivity index (χ0) is 20.1. The monoisotopic (exact) mass is 399 g/mol. The number of imidazole rings is 1. The van der Waals surface area contributed by atoms with Crippen molar-refractivity contribution in [2.75, 3.05) is 13.1 Å². The van der Waals surface area contributed by atoms with Gasteiger partial charge in [-0.25, -0.2) is 14.6 Å². The molecule has 1 fully saturated rings. The zero-order valence-electron chi connectivity index (χ0n) is 16.3. The molecule has 0 radical (unpaired) electrons. The summed E-state index contributed by atoms with van der Waals surface area (Å²) in [6.07, 6.45) is 7.96. The van der Waals surface area contributed by atoms with E-state index in [-0.39, 0.29) is 5.56 Å². The molecule has 0 aliphatic carbocycles. The van der Waals surface area contributed by atoms with Gasteiger partial charge in [-0.2, -0.15) is 5.10 Å². The first kappa shape index (κ1) is 17.3. The molecule has 150 valence electrons. The Morgan fingerprint density at radius 2 is 2.03 bits per heavy atom. The second kappa shape index (κ2) is 6.77. The Bertz CT molecular complexity index is 1270. The predicted octanol–water partition coefficient (Wildman–Crippen LogP) is 1.99. The Morgan fingerprint density at radius 3 is 2.93 bits per heavy atom. The first-order chi connectivity index (χ1) is 14.8. The standard InChI is InChI=1S/C22H21N7O/c30-22-19(4-5-20-16-8-15(10-23-11-16)12-28(20)22)21-25-6-7-27(21)17-2-1-3-18(9-17)29-14-24-13-26-29/h1-7,9,13-16,23H,8,10-12H2/t15-,16+/m0/s1. The summed E-state index contributed by atoms with van der Waals surface area (Å²) in [7, 11) is 0. The lowest BCUT2D eigenvalue weighted by atomic mass is 9.84. The van der Waals surface area contributed by atoms with Crippen molar-refractivity contribution in [1.29, 1.82) is 0 Å². The van der Waals surface area contributed by atoms with Crippen LogP contribution >= 0.6 is 0 Å². The number of piperidine rings is 1.